The molecule has 276 valence electrons. The van der Waals surface area contributed by atoms with Crippen LogP contribution in [0.1, 0.15) is 68.2 Å². The lowest BCUT2D eigenvalue weighted by molar-refractivity contribution is -0.178. The van der Waals surface area contributed by atoms with E-state index in [1.54, 1.807) is 72.8 Å². The van der Waals surface area contributed by atoms with Gasteiger partial charge < -0.3 is 29.0 Å². The van der Waals surface area contributed by atoms with E-state index in [9.17, 15) is 29.0 Å². The number of aliphatic hydroxyl groups excluding tert-OH is 2. The first kappa shape index (κ1) is 38.9. The highest BCUT2D eigenvalue weighted by molar-refractivity contribution is 6.30. The molecule has 11 heteroatoms. The Hall–Kier alpha value is -5.29. The molecule has 0 saturated carbocycles. The fourth-order valence-corrected chi connectivity index (χ4v) is 6.04. The Balaban J connectivity index is 1.12. The first-order valence-corrected chi connectivity index (χ1v) is 17.5. The molecule has 5 aromatic rings. The van der Waals surface area contributed by atoms with Crippen molar-refractivity contribution >= 4 is 46.3 Å². The van der Waals surface area contributed by atoms with Gasteiger partial charge in [-0.25, -0.2) is 9.18 Å². The summed E-state index contributed by atoms with van der Waals surface area (Å²) in [6.07, 6.45) is 0.342. The third kappa shape index (κ3) is 9.78. The minimum Gasteiger partial charge on any atom is -0.476 e. The highest BCUT2D eigenvalue weighted by Crippen LogP contribution is 2.38. The number of carbonyl (C=O) groups excluding carboxylic acids is 3. The average Bonchev–Trinajstić information content (AvgIpc) is 3.45. The van der Waals surface area contributed by atoms with Crippen LogP contribution in [0.15, 0.2) is 103 Å². The molecule has 0 aliphatic rings. The standard InChI is InChI=1S/C42H41ClFNO8/c1-26(2)45-36-8-6-5-7-35(36)39(27-11-17-31(44)18-12-27)37(45)22-19-32(46)23-33(47)24-38(48)51-25-52-41(50)42(3,4)53-34-20-13-29(14-21-34)40(49)28-9-15-30(43)16-10-28/h5-22,26,32-33,46-47H,23-25H2,1-4H3/t32-,33-/m0/s1. The molecule has 4 aromatic carbocycles. The SMILES string of the molecule is CC(C)n1c(C=C[C@H](O)C[C@H](O)CC(=O)OCOC(=O)C(C)(C)Oc2ccc(C(=O)c3ccc(Cl)cc3)cc2)c(-c2ccc(F)cc2)c2ccccc21. The number of fused-ring (bicyclic) bond motifs is 1. The Bertz CT molecular complexity index is 2090. The minimum absolute atomic E-state index is 0.0577. The minimum atomic E-state index is -1.47. The van der Waals surface area contributed by atoms with Crippen molar-refractivity contribution in [3.05, 3.63) is 131 Å². The molecule has 0 bridgehead atoms. The first-order valence-electron chi connectivity index (χ1n) is 17.1. The predicted octanol–water partition coefficient (Wildman–Crippen LogP) is 8.33. The molecule has 0 spiro atoms. The summed E-state index contributed by atoms with van der Waals surface area (Å²) in [7, 11) is 0. The molecule has 9 nitrogen and oxygen atoms in total. The Kier molecular flexibility index (Phi) is 12.5. The molecule has 0 amide bonds. The van der Waals surface area contributed by atoms with E-state index in [1.807, 2.05) is 38.1 Å². The van der Waals surface area contributed by atoms with Gasteiger partial charge in [-0.2, -0.15) is 0 Å². The van der Waals surface area contributed by atoms with Crippen molar-refractivity contribution < 1.29 is 43.2 Å². The summed E-state index contributed by atoms with van der Waals surface area (Å²) < 4.78 is 31.8. The quantitative estimate of drug-likeness (QED) is 0.0624. The number of hydrogen-bond acceptors (Lipinski definition) is 8. The molecule has 1 aromatic heterocycles. The Labute approximate surface area is 312 Å². The highest BCUT2D eigenvalue weighted by atomic mass is 35.5. The van der Waals surface area contributed by atoms with E-state index >= 15 is 0 Å². The van der Waals surface area contributed by atoms with Crippen molar-refractivity contribution in [2.75, 3.05) is 6.79 Å². The summed E-state index contributed by atoms with van der Waals surface area (Å²) in [5, 5.41) is 22.8. The molecular formula is C42H41ClFNO8. The smallest absolute Gasteiger partial charge is 0.352 e. The molecule has 53 heavy (non-hydrogen) atoms. The van der Waals surface area contributed by atoms with E-state index in [4.69, 9.17) is 25.8 Å². The number of hydrogen-bond donors (Lipinski definition) is 2. The van der Waals surface area contributed by atoms with Crippen LogP contribution >= 0.6 is 11.6 Å². The van der Waals surface area contributed by atoms with Gasteiger partial charge in [-0.05, 0) is 106 Å². The molecule has 0 aliphatic carbocycles. The van der Waals surface area contributed by atoms with Gasteiger partial charge in [0, 0.05) is 50.8 Å². The normalized spacial score (nSPS) is 12.9. The molecule has 2 N–H and O–H groups in total. The molecule has 2 atom stereocenters. The number of ether oxygens (including phenoxy) is 3. The lowest BCUT2D eigenvalue weighted by atomic mass is 10.0. The van der Waals surface area contributed by atoms with Gasteiger partial charge in [0.2, 0.25) is 6.79 Å². The van der Waals surface area contributed by atoms with Gasteiger partial charge in [0.05, 0.1) is 18.6 Å². The second-order valence-electron chi connectivity index (χ2n) is 13.3. The fourth-order valence-electron chi connectivity index (χ4n) is 5.92. The van der Waals surface area contributed by atoms with Crippen molar-refractivity contribution in [2.24, 2.45) is 0 Å². The second kappa shape index (κ2) is 17.0. The number of aliphatic hydroxyl groups is 2. The monoisotopic (exact) mass is 741 g/mol. The van der Waals surface area contributed by atoms with E-state index in [-0.39, 0.29) is 24.1 Å². The summed E-state index contributed by atoms with van der Waals surface area (Å²) >= 11 is 5.90. The van der Waals surface area contributed by atoms with E-state index in [1.165, 1.54) is 26.0 Å². The molecule has 1 heterocycles. The number of halogens is 2. The summed E-state index contributed by atoms with van der Waals surface area (Å²) in [6.45, 7) is 6.34. The van der Waals surface area contributed by atoms with Crippen LogP contribution in [0.25, 0.3) is 28.1 Å². The maximum Gasteiger partial charge on any atom is 0.352 e. The summed E-state index contributed by atoms with van der Waals surface area (Å²) in [5.41, 5.74) is 2.90. The van der Waals surface area contributed by atoms with Gasteiger partial charge in [0.15, 0.2) is 11.4 Å². The van der Waals surface area contributed by atoms with Crippen LogP contribution in [0.3, 0.4) is 0 Å². The second-order valence-corrected chi connectivity index (χ2v) is 13.7. The van der Waals surface area contributed by atoms with Gasteiger partial charge in [0.1, 0.15) is 11.6 Å². The van der Waals surface area contributed by atoms with Crippen molar-refractivity contribution in [1.82, 2.24) is 4.57 Å². The topological polar surface area (TPSA) is 124 Å². The van der Waals surface area contributed by atoms with E-state index in [0.29, 0.717) is 21.9 Å². The zero-order chi connectivity index (χ0) is 38.3. The van der Waals surface area contributed by atoms with Crippen LogP contribution in [0.2, 0.25) is 5.02 Å². The van der Waals surface area contributed by atoms with Crippen molar-refractivity contribution in [3.8, 4) is 16.9 Å². The van der Waals surface area contributed by atoms with Crippen molar-refractivity contribution in [1.29, 1.82) is 0 Å². The number of benzene rings is 4. The number of rotatable bonds is 15. The molecular weight excluding hydrogens is 701 g/mol. The molecule has 5 rings (SSSR count). The molecule has 0 saturated heterocycles. The zero-order valence-electron chi connectivity index (χ0n) is 29.8. The van der Waals surface area contributed by atoms with Crippen LogP contribution in [0.5, 0.6) is 5.75 Å². The molecule has 0 fully saturated rings. The largest absolute Gasteiger partial charge is 0.476 e. The van der Waals surface area contributed by atoms with Crippen LogP contribution in [-0.2, 0) is 19.1 Å². The van der Waals surface area contributed by atoms with Gasteiger partial charge in [-0.15, -0.1) is 0 Å². The van der Waals surface area contributed by atoms with Gasteiger partial charge in [-0.1, -0.05) is 48.0 Å². The third-order valence-corrected chi connectivity index (χ3v) is 8.74. The maximum atomic E-state index is 13.8. The molecule has 0 unspecified atom stereocenters. The zero-order valence-corrected chi connectivity index (χ0v) is 30.5. The van der Waals surface area contributed by atoms with E-state index in [2.05, 4.69) is 4.57 Å². The van der Waals surface area contributed by atoms with Crippen LogP contribution in [0, 0.1) is 5.82 Å². The van der Waals surface area contributed by atoms with Gasteiger partial charge in [0.25, 0.3) is 0 Å². The fraction of sp³-hybridized carbons (Fsp3) is 0.262. The Morgan fingerprint density at radius 3 is 2.13 bits per heavy atom. The van der Waals surface area contributed by atoms with Crippen LogP contribution in [-0.4, -0.2) is 57.1 Å². The predicted molar refractivity (Wildman–Crippen MR) is 201 cm³/mol. The number of aromatic nitrogens is 1. The average molecular weight is 742 g/mol. The summed E-state index contributed by atoms with van der Waals surface area (Å²) in [6, 6.07) is 26.9. The number of ketones is 1. The Morgan fingerprint density at radius 1 is 0.868 bits per heavy atom. The molecule has 0 radical (unpaired) electrons. The maximum absolute atomic E-state index is 13.8. The number of para-hydroxylation sites is 1. The van der Waals surface area contributed by atoms with Crippen LogP contribution < -0.4 is 4.74 Å². The number of carbonyl (C=O) groups is 3. The molecule has 0 aliphatic heterocycles. The first-order chi connectivity index (χ1) is 25.2. The highest BCUT2D eigenvalue weighted by Gasteiger charge is 2.32. The third-order valence-electron chi connectivity index (χ3n) is 8.49. The Morgan fingerprint density at radius 2 is 1.49 bits per heavy atom. The lowest BCUT2D eigenvalue weighted by Crippen LogP contribution is -2.40. The summed E-state index contributed by atoms with van der Waals surface area (Å²) in [4.78, 5) is 37.9. The number of nitrogens with zero attached hydrogens (tertiary/aromatic N) is 1. The number of esters is 2. The van der Waals surface area contributed by atoms with Gasteiger partial charge in [-0.3, -0.25) is 9.59 Å². The lowest BCUT2D eigenvalue weighted by Gasteiger charge is -2.24. The van der Waals surface area contributed by atoms with Crippen molar-refractivity contribution in [2.45, 2.75) is 64.4 Å². The van der Waals surface area contributed by atoms with Crippen molar-refractivity contribution in [3.63, 3.8) is 0 Å². The van der Waals surface area contributed by atoms with E-state index < -0.39 is 43.0 Å². The summed E-state index contributed by atoms with van der Waals surface area (Å²) in [5.74, 6) is -1.88. The van der Waals surface area contributed by atoms with E-state index in [0.717, 1.165) is 27.7 Å². The van der Waals surface area contributed by atoms with Crippen LogP contribution in [0.4, 0.5) is 4.39 Å². The van der Waals surface area contributed by atoms with Gasteiger partial charge >= 0.3 is 11.9 Å².